The van der Waals surface area contributed by atoms with Gasteiger partial charge in [-0.25, -0.2) is 0 Å². The minimum absolute atomic E-state index is 0. The normalized spacial score (nSPS) is 14.8. The summed E-state index contributed by atoms with van der Waals surface area (Å²) >= 11 is 6.25. The van der Waals surface area contributed by atoms with Gasteiger partial charge in [0.25, 0.3) is 5.91 Å². The summed E-state index contributed by atoms with van der Waals surface area (Å²) in [7, 11) is 0. The van der Waals surface area contributed by atoms with Gasteiger partial charge >= 0.3 is 0 Å². The van der Waals surface area contributed by atoms with Crippen LogP contribution in [-0.4, -0.2) is 48.3 Å². The van der Waals surface area contributed by atoms with Crippen molar-refractivity contribution in [3.8, 4) is 0 Å². The monoisotopic (exact) mass is 430 g/mol. The van der Waals surface area contributed by atoms with E-state index in [4.69, 9.17) is 17.3 Å². The summed E-state index contributed by atoms with van der Waals surface area (Å²) in [5, 5.41) is 5.44. The SMILES string of the molecule is CC(C)[C@H](N)C(=O)NCC(=O)Nc1ccc(C(=O)N2CCCCC2)c(Cl)c1.Cl. The maximum atomic E-state index is 12.5. The quantitative estimate of drug-likeness (QED) is 0.644. The van der Waals surface area contributed by atoms with Crippen molar-refractivity contribution in [1.82, 2.24) is 10.2 Å². The Bertz CT molecular complexity index is 706. The van der Waals surface area contributed by atoms with Crippen molar-refractivity contribution in [2.45, 2.75) is 39.2 Å². The molecule has 0 aliphatic carbocycles. The standard InChI is InChI=1S/C19H27ClN4O3.ClH/c1-12(2)17(21)18(26)22-11-16(25)23-13-6-7-14(15(20)10-13)19(27)24-8-4-3-5-9-24;/h6-7,10,12,17H,3-5,8-9,11,21H2,1-2H3,(H,22,26)(H,23,25);1H/t17-;/m0./s1. The largest absolute Gasteiger partial charge is 0.346 e. The van der Waals surface area contributed by atoms with Gasteiger partial charge in [-0.15, -0.1) is 12.4 Å². The smallest absolute Gasteiger partial charge is 0.255 e. The predicted octanol–water partition coefficient (Wildman–Crippen LogP) is 2.43. The Morgan fingerprint density at radius 1 is 1.18 bits per heavy atom. The number of nitrogens with two attached hydrogens (primary N) is 1. The van der Waals surface area contributed by atoms with Gasteiger partial charge in [0.1, 0.15) is 0 Å². The number of halogens is 2. The van der Waals surface area contributed by atoms with E-state index in [1.807, 2.05) is 13.8 Å². The molecule has 0 unspecified atom stereocenters. The van der Waals surface area contributed by atoms with Crippen LogP contribution in [-0.2, 0) is 9.59 Å². The molecule has 1 aromatic rings. The first kappa shape index (κ1) is 24.2. The fourth-order valence-corrected chi connectivity index (χ4v) is 3.09. The maximum Gasteiger partial charge on any atom is 0.255 e. The van der Waals surface area contributed by atoms with Crippen LogP contribution in [0.15, 0.2) is 18.2 Å². The van der Waals surface area contributed by atoms with Crippen LogP contribution >= 0.6 is 24.0 Å². The number of nitrogens with one attached hydrogen (secondary N) is 2. The van der Waals surface area contributed by atoms with Crippen molar-refractivity contribution in [2.75, 3.05) is 25.0 Å². The Morgan fingerprint density at radius 3 is 2.39 bits per heavy atom. The lowest BCUT2D eigenvalue weighted by Gasteiger charge is -2.27. The number of anilines is 1. The molecule has 9 heteroatoms. The second kappa shape index (κ2) is 11.2. The number of piperidine rings is 1. The molecular formula is C19H28Cl2N4O3. The topological polar surface area (TPSA) is 105 Å². The van der Waals surface area contributed by atoms with Crippen LogP contribution in [0.3, 0.4) is 0 Å². The lowest BCUT2D eigenvalue weighted by Crippen LogP contribution is -2.46. The Balaban J connectivity index is 0.00000392. The molecular weight excluding hydrogens is 403 g/mol. The van der Waals surface area contributed by atoms with Crippen molar-refractivity contribution in [3.63, 3.8) is 0 Å². The fraction of sp³-hybridized carbons (Fsp3) is 0.526. The number of amides is 3. The molecule has 7 nitrogen and oxygen atoms in total. The number of hydrogen-bond acceptors (Lipinski definition) is 4. The second-order valence-corrected chi connectivity index (χ2v) is 7.49. The molecule has 3 amide bonds. The van der Waals surface area contributed by atoms with Crippen LogP contribution in [0.4, 0.5) is 5.69 Å². The van der Waals surface area contributed by atoms with E-state index >= 15 is 0 Å². The summed E-state index contributed by atoms with van der Waals surface area (Å²) in [5.74, 6) is -0.879. The molecule has 0 spiro atoms. The zero-order valence-corrected chi connectivity index (χ0v) is 17.7. The minimum atomic E-state index is -0.660. The molecule has 28 heavy (non-hydrogen) atoms. The summed E-state index contributed by atoms with van der Waals surface area (Å²) in [4.78, 5) is 38.1. The Labute approximate surface area is 176 Å². The number of benzene rings is 1. The van der Waals surface area contributed by atoms with Gasteiger partial charge in [-0.1, -0.05) is 25.4 Å². The number of rotatable bonds is 6. The number of hydrogen-bond donors (Lipinski definition) is 3. The Hall–Kier alpha value is -1.83. The highest BCUT2D eigenvalue weighted by molar-refractivity contribution is 6.34. The summed E-state index contributed by atoms with van der Waals surface area (Å²) in [6, 6.07) is 4.12. The van der Waals surface area contributed by atoms with Crippen LogP contribution in [0.25, 0.3) is 0 Å². The number of carbonyl (C=O) groups is 3. The summed E-state index contributed by atoms with van der Waals surface area (Å²) in [5.41, 5.74) is 6.61. The van der Waals surface area contributed by atoms with Gasteiger partial charge in [-0.05, 0) is 43.4 Å². The van der Waals surface area contributed by atoms with Crippen molar-refractivity contribution < 1.29 is 14.4 Å². The van der Waals surface area contributed by atoms with Crippen molar-refractivity contribution in [3.05, 3.63) is 28.8 Å². The second-order valence-electron chi connectivity index (χ2n) is 7.08. The van der Waals surface area contributed by atoms with Gasteiger partial charge in [0, 0.05) is 18.8 Å². The molecule has 0 bridgehead atoms. The third-order valence-electron chi connectivity index (χ3n) is 4.57. The highest BCUT2D eigenvalue weighted by atomic mass is 35.5. The Morgan fingerprint density at radius 2 is 1.82 bits per heavy atom. The molecule has 0 saturated carbocycles. The third kappa shape index (κ3) is 6.65. The molecule has 156 valence electrons. The zero-order valence-electron chi connectivity index (χ0n) is 16.2. The van der Waals surface area contributed by atoms with Gasteiger partial charge in [0.2, 0.25) is 11.8 Å². The molecule has 1 fully saturated rings. The van der Waals surface area contributed by atoms with E-state index < -0.39 is 11.9 Å². The van der Waals surface area contributed by atoms with Crippen LogP contribution in [0, 0.1) is 5.92 Å². The summed E-state index contributed by atoms with van der Waals surface area (Å²) in [6.07, 6.45) is 3.15. The molecule has 1 saturated heterocycles. The number of likely N-dealkylation sites (tertiary alicyclic amines) is 1. The van der Waals surface area contributed by atoms with Gasteiger partial charge in [0.15, 0.2) is 0 Å². The summed E-state index contributed by atoms with van der Waals surface area (Å²) in [6.45, 7) is 4.96. The van der Waals surface area contributed by atoms with E-state index in [-0.39, 0.29) is 41.7 Å². The molecule has 1 aliphatic heterocycles. The molecule has 0 aromatic heterocycles. The fourth-order valence-electron chi connectivity index (χ4n) is 2.83. The van der Waals surface area contributed by atoms with E-state index in [9.17, 15) is 14.4 Å². The highest BCUT2D eigenvalue weighted by Crippen LogP contribution is 2.23. The average Bonchev–Trinajstić information content (AvgIpc) is 2.65. The van der Waals surface area contributed by atoms with Crippen LogP contribution in [0.1, 0.15) is 43.5 Å². The van der Waals surface area contributed by atoms with Gasteiger partial charge in [-0.2, -0.15) is 0 Å². The van der Waals surface area contributed by atoms with Crippen LogP contribution < -0.4 is 16.4 Å². The molecule has 4 N–H and O–H groups in total. The van der Waals surface area contributed by atoms with Crippen molar-refractivity contribution in [2.24, 2.45) is 11.7 Å². The van der Waals surface area contributed by atoms with E-state index in [2.05, 4.69) is 10.6 Å². The summed E-state index contributed by atoms with van der Waals surface area (Å²) < 4.78 is 0. The average molecular weight is 431 g/mol. The first-order valence-electron chi connectivity index (χ1n) is 9.21. The van der Waals surface area contributed by atoms with Gasteiger partial charge in [0.05, 0.1) is 23.2 Å². The third-order valence-corrected chi connectivity index (χ3v) is 4.88. The van der Waals surface area contributed by atoms with Gasteiger partial charge < -0.3 is 21.3 Å². The zero-order chi connectivity index (χ0) is 20.0. The van der Waals surface area contributed by atoms with E-state index in [1.165, 1.54) is 6.07 Å². The molecule has 1 aromatic carbocycles. The Kier molecular flexibility index (Phi) is 9.72. The molecule has 0 radical (unpaired) electrons. The molecule has 1 aliphatic rings. The van der Waals surface area contributed by atoms with E-state index in [1.54, 1.807) is 17.0 Å². The predicted molar refractivity (Wildman–Crippen MR) is 113 cm³/mol. The lowest BCUT2D eigenvalue weighted by atomic mass is 10.1. The first-order valence-corrected chi connectivity index (χ1v) is 9.59. The van der Waals surface area contributed by atoms with E-state index in [0.29, 0.717) is 11.3 Å². The number of carbonyl (C=O) groups excluding carboxylic acids is 3. The van der Waals surface area contributed by atoms with Crippen molar-refractivity contribution in [1.29, 1.82) is 0 Å². The number of nitrogens with zero attached hydrogens (tertiary/aromatic N) is 1. The van der Waals surface area contributed by atoms with Crippen molar-refractivity contribution >= 4 is 47.4 Å². The first-order chi connectivity index (χ1) is 12.8. The van der Waals surface area contributed by atoms with Gasteiger partial charge in [-0.3, -0.25) is 14.4 Å². The van der Waals surface area contributed by atoms with Crippen LogP contribution in [0.5, 0.6) is 0 Å². The maximum absolute atomic E-state index is 12.5. The molecule has 1 atom stereocenters. The lowest BCUT2D eigenvalue weighted by molar-refractivity contribution is -0.125. The highest BCUT2D eigenvalue weighted by Gasteiger charge is 2.21. The molecule has 2 rings (SSSR count). The molecule has 1 heterocycles. The van der Waals surface area contributed by atoms with E-state index in [0.717, 1.165) is 32.4 Å². The van der Waals surface area contributed by atoms with Crippen LogP contribution in [0.2, 0.25) is 5.02 Å². The minimum Gasteiger partial charge on any atom is -0.346 e.